The molecule has 5 nitrogen and oxygen atoms in total. The molecule has 0 aliphatic carbocycles. The molecule has 0 amide bonds. The summed E-state index contributed by atoms with van der Waals surface area (Å²) < 4.78 is 11.0. The Kier molecular flexibility index (Phi) is 7.72. The molecule has 3 aromatic carbocycles. The first-order valence-electron chi connectivity index (χ1n) is 10.7. The molecule has 3 aromatic rings. The van der Waals surface area contributed by atoms with E-state index in [4.69, 9.17) is 21.1 Å². The molecule has 0 unspecified atom stereocenters. The highest BCUT2D eigenvalue weighted by Crippen LogP contribution is 2.40. The monoisotopic (exact) mass is 491 g/mol. The van der Waals surface area contributed by atoms with Crippen LogP contribution in [0.1, 0.15) is 18.1 Å². The predicted molar refractivity (Wildman–Crippen MR) is 138 cm³/mol. The zero-order valence-electron chi connectivity index (χ0n) is 18.4. The first-order valence-corrected chi connectivity index (χ1v) is 11.8. The van der Waals surface area contributed by atoms with Crippen LogP contribution in [0.25, 0.3) is 6.08 Å². The normalized spacial score (nSPS) is 15.7. The van der Waals surface area contributed by atoms with Crippen molar-refractivity contribution in [1.29, 1.82) is 0 Å². The van der Waals surface area contributed by atoms with Gasteiger partial charge in [0.25, 0.3) is 0 Å². The number of aliphatic hydroxyl groups is 1. The average Bonchev–Trinajstić information content (AvgIpc) is 3.14. The number of carbonyl (C=O) groups excluding carboxylic acids is 1. The molecule has 4 rings (SSSR count). The number of aliphatic hydroxyl groups excluding tert-OH is 1. The van der Waals surface area contributed by atoms with Crippen molar-refractivity contribution in [3.8, 4) is 5.75 Å². The van der Waals surface area contributed by atoms with Gasteiger partial charge in [-0.1, -0.05) is 78.0 Å². The first kappa shape index (κ1) is 23.7. The Labute approximate surface area is 207 Å². The molecular formula is C27H22ClNO4S. The largest absolute Gasteiger partial charge is 0.506 e. The Morgan fingerprint density at radius 1 is 1.06 bits per heavy atom. The Morgan fingerprint density at radius 2 is 1.76 bits per heavy atom. The molecule has 7 heteroatoms. The number of nitrogens with zero attached hydrogens (tertiary/aromatic N) is 1. The second kappa shape index (κ2) is 11.1. The van der Waals surface area contributed by atoms with Crippen LogP contribution in [0.5, 0.6) is 5.75 Å². The van der Waals surface area contributed by atoms with E-state index >= 15 is 0 Å². The Hall–Kier alpha value is -3.48. The van der Waals surface area contributed by atoms with Crippen molar-refractivity contribution < 1.29 is 19.4 Å². The smallest absolute Gasteiger partial charge is 0.344 e. The third-order valence-corrected chi connectivity index (χ3v) is 6.16. The topological polar surface area (TPSA) is 68.1 Å². The molecule has 0 aromatic heterocycles. The third-order valence-electron chi connectivity index (χ3n) is 4.85. The summed E-state index contributed by atoms with van der Waals surface area (Å²) in [7, 11) is 0. The molecule has 0 fully saturated rings. The second-order valence-electron chi connectivity index (χ2n) is 7.27. The summed E-state index contributed by atoms with van der Waals surface area (Å²) in [5.74, 6) is -0.225. The van der Waals surface area contributed by atoms with E-state index < -0.39 is 5.97 Å². The number of thioether (sulfide) groups is 1. The summed E-state index contributed by atoms with van der Waals surface area (Å²) in [4.78, 5) is 17.6. The van der Waals surface area contributed by atoms with Crippen LogP contribution in [0, 0.1) is 0 Å². The molecule has 0 saturated carbocycles. The van der Waals surface area contributed by atoms with Crippen LogP contribution in [-0.2, 0) is 16.1 Å². The van der Waals surface area contributed by atoms with Crippen molar-refractivity contribution in [2.75, 3.05) is 6.61 Å². The van der Waals surface area contributed by atoms with Crippen LogP contribution < -0.4 is 4.74 Å². The van der Waals surface area contributed by atoms with Crippen molar-refractivity contribution in [1.82, 2.24) is 0 Å². The van der Waals surface area contributed by atoms with Crippen molar-refractivity contribution in [3.63, 3.8) is 0 Å². The number of hydrogen-bond donors (Lipinski definition) is 1. The fraction of sp³-hybridized carbons (Fsp3) is 0.111. The zero-order valence-corrected chi connectivity index (χ0v) is 20.0. The van der Waals surface area contributed by atoms with Gasteiger partial charge in [-0.2, -0.15) is 0 Å². The number of rotatable bonds is 7. The van der Waals surface area contributed by atoms with Crippen LogP contribution in [-0.4, -0.2) is 22.7 Å². The highest BCUT2D eigenvalue weighted by atomic mass is 35.5. The number of esters is 1. The molecule has 1 heterocycles. The van der Waals surface area contributed by atoms with Gasteiger partial charge >= 0.3 is 5.97 Å². The van der Waals surface area contributed by atoms with E-state index in [2.05, 4.69) is 4.99 Å². The van der Waals surface area contributed by atoms with Crippen molar-refractivity contribution in [3.05, 3.63) is 111 Å². The SMILES string of the molecule is CCOC(=O)C1=C(O)/C(=C/c2ccc(OCc3ccccc3)c(Cl)c2)SC1=Nc1ccccc1. The predicted octanol–water partition coefficient (Wildman–Crippen LogP) is 7.11. The van der Waals surface area contributed by atoms with Crippen molar-refractivity contribution >= 4 is 46.1 Å². The Balaban J connectivity index is 1.59. The average molecular weight is 492 g/mol. The lowest BCUT2D eigenvalue weighted by Crippen LogP contribution is -2.12. The van der Waals surface area contributed by atoms with Gasteiger partial charge in [-0.15, -0.1) is 0 Å². The highest BCUT2D eigenvalue weighted by molar-refractivity contribution is 8.18. The van der Waals surface area contributed by atoms with Gasteiger partial charge in [-0.25, -0.2) is 9.79 Å². The number of carbonyl (C=O) groups is 1. The summed E-state index contributed by atoms with van der Waals surface area (Å²) in [6, 6.07) is 24.4. The minimum absolute atomic E-state index is 0.0517. The highest BCUT2D eigenvalue weighted by Gasteiger charge is 2.33. The van der Waals surface area contributed by atoms with Crippen LogP contribution in [0.3, 0.4) is 0 Å². The fourth-order valence-corrected chi connectivity index (χ4v) is 4.50. The lowest BCUT2D eigenvalue weighted by molar-refractivity contribution is -0.138. The van der Waals surface area contributed by atoms with Gasteiger partial charge in [0.1, 0.15) is 28.7 Å². The maximum absolute atomic E-state index is 12.5. The van der Waals surface area contributed by atoms with E-state index in [1.54, 1.807) is 25.1 Å². The zero-order chi connectivity index (χ0) is 23.9. The van der Waals surface area contributed by atoms with Crippen LogP contribution in [0.4, 0.5) is 5.69 Å². The van der Waals surface area contributed by atoms with Gasteiger partial charge in [0.05, 0.1) is 22.2 Å². The fourth-order valence-electron chi connectivity index (χ4n) is 3.22. The maximum Gasteiger partial charge on any atom is 0.344 e. The molecule has 34 heavy (non-hydrogen) atoms. The number of benzene rings is 3. The number of para-hydroxylation sites is 1. The summed E-state index contributed by atoms with van der Waals surface area (Å²) in [5, 5.41) is 11.7. The van der Waals surface area contributed by atoms with Crippen LogP contribution in [0.15, 0.2) is 100 Å². The van der Waals surface area contributed by atoms with Crippen molar-refractivity contribution in [2.45, 2.75) is 13.5 Å². The summed E-state index contributed by atoms with van der Waals surface area (Å²) in [6.45, 7) is 2.31. The quantitative estimate of drug-likeness (QED) is 0.356. The minimum Gasteiger partial charge on any atom is -0.506 e. The number of halogens is 1. The van der Waals surface area contributed by atoms with Crippen molar-refractivity contribution in [2.24, 2.45) is 4.99 Å². The standard InChI is InChI=1S/C27H22ClNO4S/c1-2-32-27(31)24-25(30)23(34-26(24)29-20-11-7-4-8-12-20)16-19-13-14-22(21(28)15-19)33-17-18-9-5-3-6-10-18/h3-16,30H,2,17H2,1H3/b23-16-,29-26?. The molecule has 1 N–H and O–H groups in total. The number of ether oxygens (including phenoxy) is 2. The molecule has 1 aliphatic rings. The van der Waals surface area contributed by atoms with Gasteiger partial charge in [-0.3, -0.25) is 0 Å². The summed E-state index contributed by atoms with van der Waals surface area (Å²) >= 11 is 7.64. The first-order chi connectivity index (χ1) is 16.5. The van der Waals surface area contributed by atoms with E-state index in [0.29, 0.717) is 33.0 Å². The molecule has 0 atom stereocenters. The van der Waals surface area contributed by atoms with E-state index in [1.807, 2.05) is 66.7 Å². The van der Waals surface area contributed by atoms with E-state index in [9.17, 15) is 9.90 Å². The third kappa shape index (κ3) is 5.71. The number of hydrogen-bond acceptors (Lipinski definition) is 6. The van der Waals surface area contributed by atoms with E-state index in [-0.39, 0.29) is 17.9 Å². The lowest BCUT2D eigenvalue weighted by atomic mass is 10.1. The van der Waals surface area contributed by atoms with E-state index in [0.717, 1.165) is 11.1 Å². The van der Waals surface area contributed by atoms with Gasteiger partial charge in [-0.05, 0) is 48.4 Å². The molecule has 0 saturated heterocycles. The van der Waals surface area contributed by atoms with Gasteiger partial charge in [0.2, 0.25) is 0 Å². The van der Waals surface area contributed by atoms with Crippen LogP contribution in [0.2, 0.25) is 5.02 Å². The van der Waals surface area contributed by atoms with Gasteiger partial charge < -0.3 is 14.6 Å². The maximum atomic E-state index is 12.5. The van der Waals surface area contributed by atoms with Gasteiger partial charge in [0, 0.05) is 0 Å². The van der Waals surface area contributed by atoms with Gasteiger partial charge in [0.15, 0.2) is 0 Å². The molecule has 0 bridgehead atoms. The lowest BCUT2D eigenvalue weighted by Gasteiger charge is -2.09. The Morgan fingerprint density at radius 3 is 2.44 bits per heavy atom. The van der Waals surface area contributed by atoms with Crippen LogP contribution >= 0.6 is 23.4 Å². The molecule has 0 radical (unpaired) electrons. The molecule has 0 spiro atoms. The molecule has 1 aliphatic heterocycles. The minimum atomic E-state index is -0.617. The molecular weight excluding hydrogens is 470 g/mol. The Bertz CT molecular complexity index is 1270. The summed E-state index contributed by atoms with van der Waals surface area (Å²) in [6.07, 6.45) is 1.75. The molecule has 172 valence electrons. The number of aliphatic imine (C=N–C) groups is 1. The summed E-state index contributed by atoms with van der Waals surface area (Å²) in [5.41, 5.74) is 2.51. The van der Waals surface area contributed by atoms with E-state index in [1.165, 1.54) is 11.8 Å². The second-order valence-corrected chi connectivity index (χ2v) is 8.71.